The Morgan fingerprint density at radius 3 is 2.60 bits per heavy atom. The molecule has 1 aromatic heterocycles. The van der Waals surface area contributed by atoms with Gasteiger partial charge in [-0.25, -0.2) is 4.68 Å². The van der Waals surface area contributed by atoms with E-state index >= 15 is 0 Å². The van der Waals surface area contributed by atoms with Crippen LogP contribution >= 0.6 is 15.9 Å². The molecule has 0 unspecified atom stereocenters. The zero-order valence-electron chi connectivity index (χ0n) is 15.8. The zero-order chi connectivity index (χ0) is 21.5. The largest absolute Gasteiger partial charge is 0.490 e. The third kappa shape index (κ3) is 5.93. The number of aromatic nitrogens is 2. The van der Waals surface area contributed by atoms with E-state index in [1.165, 1.54) is 28.9 Å². The molecule has 1 N–H and O–H groups in total. The van der Waals surface area contributed by atoms with Crippen LogP contribution in [0.25, 0.3) is 0 Å². The van der Waals surface area contributed by atoms with Gasteiger partial charge in [0.2, 0.25) is 0 Å². The van der Waals surface area contributed by atoms with E-state index in [1.807, 2.05) is 12.1 Å². The van der Waals surface area contributed by atoms with Crippen molar-refractivity contribution in [3.63, 3.8) is 0 Å². The molecule has 0 aliphatic carbocycles. The van der Waals surface area contributed by atoms with E-state index in [2.05, 4.69) is 31.1 Å². The highest BCUT2D eigenvalue weighted by atomic mass is 79.9. The van der Waals surface area contributed by atoms with Gasteiger partial charge >= 0.3 is 6.61 Å². The topological polar surface area (TPSA) is 74.6 Å². The van der Waals surface area contributed by atoms with E-state index in [0.29, 0.717) is 11.4 Å². The molecule has 0 aliphatic heterocycles. The summed E-state index contributed by atoms with van der Waals surface area (Å²) in [5, 5.41) is 6.82. The number of rotatable bonds is 9. The molecule has 1 amide bonds. The van der Waals surface area contributed by atoms with E-state index in [-0.39, 0.29) is 30.5 Å². The maximum Gasteiger partial charge on any atom is 0.387 e. The van der Waals surface area contributed by atoms with E-state index in [9.17, 15) is 13.6 Å². The first-order valence-corrected chi connectivity index (χ1v) is 9.68. The number of alkyl halides is 2. The lowest BCUT2D eigenvalue weighted by atomic mass is 10.2. The Hall–Kier alpha value is -3.14. The molecule has 0 fully saturated rings. The van der Waals surface area contributed by atoms with E-state index in [4.69, 9.17) is 9.47 Å². The minimum absolute atomic E-state index is 0.101. The Morgan fingerprint density at radius 2 is 1.90 bits per heavy atom. The average Bonchev–Trinajstić information content (AvgIpc) is 3.19. The van der Waals surface area contributed by atoms with Gasteiger partial charge in [-0.1, -0.05) is 15.9 Å². The third-order valence-corrected chi connectivity index (χ3v) is 4.30. The second kappa shape index (κ2) is 10.1. The molecule has 7 nitrogen and oxygen atoms in total. The number of halogens is 3. The van der Waals surface area contributed by atoms with Crippen LogP contribution in [0.15, 0.2) is 59.2 Å². The van der Waals surface area contributed by atoms with Crippen LogP contribution in [0.3, 0.4) is 0 Å². The molecular weight excluding hydrogens is 464 g/mol. The normalized spacial score (nSPS) is 10.7. The van der Waals surface area contributed by atoms with Gasteiger partial charge in [0.05, 0.1) is 6.61 Å². The predicted molar refractivity (Wildman–Crippen MR) is 109 cm³/mol. The summed E-state index contributed by atoms with van der Waals surface area (Å²) in [6, 6.07) is 13.0. The van der Waals surface area contributed by atoms with E-state index in [1.54, 1.807) is 25.3 Å². The second-order valence-electron chi connectivity index (χ2n) is 5.89. The van der Waals surface area contributed by atoms with Gasteiger partial charge in [0.25, 0.3) is 5.91 Å². The fourth-order valence-electron chi connectivity index (χ4n) is 2.47. The van der Waals surface area contributed by atoms with E-state index in [0.717, 1.165) is 4.47 Å². The predicted octanol–water partition coefficient (Wildman–Crippen LogP) is 4.93. The van der Waals surface area contributed by atoms with Crippen LogP contribution in [0, 0.1) is 0 Å². The molecule has 0 saturated heterocycles. The first-order chi connectivity index (χ1) is 14.4. The number of hydrogen-bond donors (Lipinski definition) is 1. The van der Waals surface area contributed by atoms with Crippen molar-refractivity contribution in [2.24, 2.45) is 0 Å². The number of carbonyl (C=O) groups excluding carboxylic acids is 1. The number of nitrogens with one attached hydrogen (secondary N) is 1. The van der Waals surface area contributed by atoms with Crippen LogP contribution in [0.1, 0.15) is 17.4 Å². The number of carbonyl (C=O) groups is 1. The van der Waals surface area contributed by atoms with Gasteiger partial charge in [0.1, 0.15) is 5.75 Å². The fraction of sp³-hybridized carbons (Fsp3) is 0.200. The molecule has 1 heterocycles. The van der Waals surface area contributed by atoms with Gasteiger partial charge in [-0.3, -0.25) is 4.79 Å². The highest BCUT2D eigenvalue weighted by Gasteiger charge is 2.14. The third-order valence-electron chi connectivity index (χ3n) is 3.77. The lowest BCUT2D eigenvalue weighted by Gasteiger charge is -2.13. The van der Waals surface area contributed by atoms with Gasteiger partial charge < -0.3 is 19.5 Å². The summed E-state index contributed by atoms with van der Waals surface area (Å²) in [6.45, 7) is -0.892. The average molecular weight is 482 g/mol. The van der Waals surface area contributed by atoms with Crippen molar-refractivity contribution in [2.45, 2.75) is 20.3 Å². The molecule has 10 heteroatoms. The van der Waals surface area contributed by atoms with Crippen molar-refractivity contribution in [1.29, 1.82) is 0 Å². The second-order valence-corrected chi connectivity index (χ2v) is 6.81. The van der Waals surface area contributed by atoms with Crippen LogP contribution in [-0.4, -0.2) is 28.9 Å². The van der Waals surface area contributed by atoms with Crippen LogP contribution in [0.4, 0.5) is 14.5 Å². The Bertz CT molecular complexity index is 996. The molecule has 158 valence electrons. The minimum Gasteiger partial charge on any atom is -0.490 e. The monoisotopic (exact) mass is 481 g/mol. The molecular formula is C20H18BrF2N3O4. The van der Waals surface area contributed by atoms with Gasteiger partial charge in [0.15, 0.2) is 23.9 Å². The SMILES string of the molecule is CCOc1cc(NC(=O)c2ccn(COc3ccc(Br)cc3)n2)ccc1OC(F)F. The minimum atomic E-state index is -2.98. The van der Waals surface area contributed by atoms with Crippen molar-refractivity contribution in [3.05, 3.63) is 64.9 Å². The maximum atomic E-state index is 12.5. The van der Waals surface area contributed by atoms with Crippen molar-refractivity contribution < 1.29 is 27.8 Å². The number of benzene rings is 2. The quantitative estimate of drug-likeness (QED) is 0.468. The lowest BCUT2D eigenvalue weighted by molar-refractivity contribution is -0.0514. The Balaban J connectivity index is 1.63. The molecule has 3 aromatic rings. The Morgan fingerprint density at radius 1 is 1.13 bits per heavy atom. The van der Waals surface area contributed by atoms with Crippen molar-refractivity contribution in [1.82, 2.24) is 9.78 Å². The van der Waals surface area contributed by atoms with Crippen molar-refractivity contribution in [3.8, 4) is 17.2 Å². The molecule has 3 rings (SSSR count). The van der Waals surface area contributed by atoms with Crippen LogP contribution < -0.4 is 19.5 Å². The maximum absolute atomic E-state index is 12.5. The van der Waals surface area contributed by atoms with Gasteiger partial charge in [-0.15, -0.1) is 0 Å². The zero-order valence-corrected chi connectivity index (χ0v) is 17.4. The first-order valence-electron chi connectivity index (χ1n) is 8.89. The van der Waals surface area contributed by atoms with E-state index < -0.39 is 12.5 Å². The summed E-state index contributed by atoms with van der Waals surface area (Å²) < 4.78 is 42.7. The van der Waals surface area contributed by atoms with Crippen LogP contribution in [0.2, 0.25) is 0 Å². The summed E-state index contributed by atoms with van der Waals surface area (Å²) in [7, 11) is 0. The molecule has 0 radical (unpaired) electrons. The summed E-state index contributed by atoms with van der Waals surface area (Å²) in [5.74, 6) is 0.180. The van der Waals surface area contributed by atoms with Crippen molar-refractivity contribution >= 4 is 27.5 Å². The van der Waals surface area contributed by atoms with Crippen LogP contribution in [0.5, 0.6) is 17.2 Å². The summed E-state index contributed by atoms with van der Waals surface area (Å²) in [4.78, 5) is 12.4. The molecule has 0 saturated carbocycles. The van der Waals surface area contributed by atoms with Crippen LogP contribution in [-0.2, 0) is 6.73 Å². The summed E-state index contributed by atoms with van der Waals surface area (Å²) >= 11 is 3.35. The molecule has 0 aliphatic rings. The van der Waals surface area contributed by atoms with Gasteiger partial charge in [-0.05, 0) is 49.4 Å². The standard InChI is InChI=1S/C20H18BrF2N3O4/c1-2-28-18-11-14(5-8-17(18)30-20(22)23)24-19(27)16-9-10-26(25-16)12-29-15-6-3-13(21)4-7-15/h3-11,20H,2,12H2,1H3,(H,24,27). The van der Waals surface area contributed by atoms with Gasteiger partial charge in [-0.2, -0.15) is 13.9 Å². The van der Waals surface area contributed by atoms with Gasteiger partial charge in [0, 0.05) is 22.4 Å². The number of nitrogens with zero attached hydrogens (tertiary/aromatic N) is 2. The highest BCUT2D eigenvalue weighted by molar-refractivity contribution is 9.10. The fourth-order valence-corrected chi connectivity index (χ4v) is 2.73. The molecule has 2 aromatic carbocycles. The lowest BCUT2D eigenvalue weighted by Crippen LogP contribution is -2.14. The molecule has 0 atom stereocenters. The Labute approximate surface area is 179 Å². The first kappa shape index (κ1) is 21.6. The van der Waals surface area contributed by atoms with Crippen molar-refractivity contribution in [2.75, 3.05) is 11.9 Å². The smallest absolute Gasteiger partial charge is 0.387 e. The molecule has 30 heavy (non-hydrogen) atoms. The number of ether oxygens (including phenoxy) is 3. The Kier molecular flexibility index (Phi) is 7.23. The number of anilines is 1. The summed E-state index contributed by atoms with van der Waals surface area (Å²) in [6.07, 6.45) is 1.61. The number of hydrogen-bond acceptors (Lipinski definition) is 5. The molecule has 0 bridgehead atoms. The summed E-state index contributed by atoms with van der Waals surface area (Å²) in [5.41, 5.74) is 0.519. The highest BCUT2D eigenvalue weighted by Crippen LogP contribution is 2.32. The molecule has 0 spiro atoms. The number of amides is 1.